The normalized spacial score (nSPS) is 19.0. The number of benzene rings is 2. The van der Waals surface area contributed by atoms with Crippen LogP contribution in [0.15, 0.2) is 49.1 Å². The van der Waals surface area contributed by atoms with E-state index in [1.54, 1.807) is 11.0 Å². The van der Waals surface area contributed by atoms with Crippen molar-refractivity contribution in [3.8, 4) is 5.75 Å². The van der Waals surface area contributed by atoms with E-state index in [1.807, 2.05) is 57.3 Å². The van der Waals surface area contributed by atoms with E-state index in [2.05, 4.69) is 13.5 Å². The first kappa shape index (κ1) is 22.1. The molecule has 2 aromatic rings. The average molecular weight is 408 g/mol. The maximum atomic E-state index is 13.1. The van der Waals surface area contributed by atoms with E-state index in [9.17, 15) is 9.90 Å². The lowest BCUT2D eigenvalue weighted by Gasteiger charge is -2.37. The van der Waals surface area contributed by atoms with E-state index in [0.717, 1.165) is 40.8 Å². The molecule has 1 N–H and O–H groups in total. The Labute approximate surface area is 180 Å². The Morgan fingerprint density at radius 3 is 2.70 bits per heavy atom. The van der Waals surface area contributed by atoms with E-state index < -0.39 is 6.10 Å². The zero-order valence-corrected chi connectivity index (χ0v) is 18.5. The molecule has 4 heteroatoms. The van der Waals surface area contributed by atoms with Crippen LogP contribution < -0.4 is 4.74 Å². The van der Waals surface area contributed by atoms with Gasteiger partial charge in [0, 0.05) is 25.4 Å². The minimum Gasteiger partial charge on any atom is -0.489 e. The van der Waals surface area contributed by atoms with Gasteiger partial charge in [0.1, 0.15) is 12.4 Å². The number of carbonyl (C=O) groups excluding carboxylic acids is 1. The van der Waals surface area contributed by atoms with E-state index >= 15 is 0 Å². The highest BCUT2D eigenvalue weighted by Gasteiger charge is 2.38. The van der Waals surface area contributed by atoms with Crippen LogP contribution in [-0.2, 0) is 17.8 Å². The van der Waals surface area contributed by atoms with Crippen molar-refractivity contribution in [2.75, 3.05) is 13.7 Å². The molecule has 0 fully saturated rings. The van der Waals surface area contributed by atoms with Crippen molar-refractivity contribution in [3.05, 3.63) is 76.9 Å². The van der Waals surface area contributed by atoms with Crippen molar-refractivity contribution in [3.63, 3.8) is 0 Å². The number of nitrogens with zero attached hydrogens (tertiary/aromatic N) is 1. The van der Waals surface area contributed by atoms with Crippen molar-refractivity contribution < 1.29 is 14.6 Å². The molecule has 0 saturated heterocycles. The number of aliphatic hydroxyl groups is 1. The van der Waals surface area contributed by atoms with Gasteiger partial charge in [-0.1, -0.05) is 49.9 Å². The molecule has 3 rings (SSSR count). The van der Waals surface area contributed by atoms with Crippen LogP contribution in [0, 0.1) is 25.7 Å². The Hall–Kier alpha value is -2.59. The SMILES string of the molecule is C=CCOc1cc(C)c2c(c1C)[C@H](O)C([C@H](C)C(=O)N(C)Cc1ccccc1)CC2. The van der Waals surface area contributed by atoms with Gasteiger partial charge in [-0.05, 0) is 60.6 Å². The lowest BCUT2D eigenvalue weighted by atomic mass is 9.72. The first-order valence-electron chi connectivity index (χ1n) is 10.7. The van der Waals surface area contributed by atoms with Gasteiger partial charge < -0.3 is 14.7 Å². The van der Waals surface area contributed by atoms with E-state index in [4.69, 9.17) is 4.74 Å². The van der Waals surface area contributed by atoms with Crippen LogP contribution >= 0.6 is 0 Å². The molecule has 0 bridgehead atoms. The van der Waals surface area contributed by atoms with E-state index in [1.165, 1.54) is 5.56 Å². The van der Waals surface area contributed by atoms with Crippen LogP contribution in [0.5, 0.6) is 5.75 Å². The number of aryl methyl sites for hydroxylation is 1. The smallest absolute Gasteiger partial charge is 0.225 e. The van der Waals surface area contributed by atoms with Gasteiger partial charge >= 0.3 is 0 Å². The Morgan fingerprint density at radius 2 is 2.03 bits per heavy atom. The van der Waals surface area contributed by atoms with Gasteiger partial charge in [-0.3, -0.25) is 4.79 Å². The molecule has 4 nitrogen and oxygen atoms in total. The van der Waals surface area contributed by atoms with Crippen LogP contribution in [0.25, 0.3) is 0 Å². The third-order valence-corrected chi connectivity index (χ3v) is 6.38. The quantitative estimate of drug-likeness (QED) is 0.674. The van der Waals surface area contributed by atoms with Crippen LogP contribution in [0.4, 0.5) is 0 Å². The summed E-state index contributed by atoms with van der Waals surface area (Å²) < 4.78 is 5.82. The molecule has 2 aromatic carbocycles. The Morgan fingerprint density at radius 1 is 1.33 bits per heavy atom. The molecule has 3 atom stereocenters. The number of aliphatic hydroxyl groups excluding tert-OH is 1. The molecule has 1 amide bonds. The maximum Gasteiger partial charge on any atom is 0.225 e. The summed E-state index contributed by atoms with van der Waals surface area (Å²) in [5.41, 5.74) is 5.33. The topological polar surface area (TPSA) is 49.8 Å². The summed E-state index contributed by atoms with van der Waals surface area (Å²) in [5, 5.41) is 11.3. The summed E-state index contributed by atoms with van der Waals surface area (Å²) in [7, 11) is 1.84. The van der Waals surface area contributed by atoms with Crippen LogP contribution in [0.2, 0.25) is 0 Å². The zero-order chi connectivity index (χ0) is 21.8. The van der Waals surface area contributed by atoms with Gasteiger partial charge in [0.15, 0.2) is 0 Å². The maximum absolute atomic E-state index is 13.1. The first-order valence-corrected chi connectivity index (χ1v) is 10.7. The van der Waals surface area contributed by atoms with Gasteiger partial charge in [0.25, 0.3) is 0 Å². The Kier molecular flexibility index (Phi) is 6.99. The second-order valence-corrected chi connectivity index (χ2v) is 8.42. The number of rotatable bonds is 7. The van der Waals surface area contributed by atoms with Crippen LogP contribution in [-0.4, -0.2) is 29.6 Å². The van der Waals surface area contributed by atoms with Crippen LogP contribution in [0.1, 0.15) is 47.3 Å². The molecule has 0 radical (unpaired) electrons. The molecule has 1 unspecified atom stereocenters. The van der Waals surface area contributed by atoms with Gasteiger partial charge in [0.2, 0.25) is 5.91 Å². The van der Waals surface area contributed by atoms with E-state index in [-0.39, 0.29) is 17.7 Å². The summed E-state index contributed by atoms with van der Waals surface area (Å²) in [5.74, 6) is 0.473. The zero-order valence-electron chi connectivity index (χ0n) is 18.5. The third-order valence-electron chi connectivity index (χ3n) is 6.38. The summed E-state index contributed by atoms with van der Waals surface area (Å²) in [6, 6.07) is 12.0. The summed E-state index contributed by atoms with van der Waals surface area (Å²) in [4.78, 5) is 14.9. The predicted octanol–water partition coefficient (Wildman–Crippen LogP) is 4.76. The third kappa shape index (κ3) is 4.44. The lowest BCUT2D eigenvalue weighted by molar-refractivity contribution is -0.138. The monoisotopic (exact) mass is 407 g/mol. The number of hydrogen-bond donors (Lipinski definition) is 1. The highest BCUT2D eigenvalue weighted by atomic mass is 16.5. The Balaban J connectivity index is 1.81. The largest absolute Gasteiger partial charge is 0.489 e. The molecule has 30 heavy (non-hydrogen) atoms. The second kappa shape index (κ2) is 9.48. The van der Waals surface area contributed by atoms with Crippen molar-refractivity contribution in [2.24, 2.45) is 11.8 Å². The van der Waals surface area contributed by atoms with Crippen molar-refractivity contribution >= 4 is 5.91 Å². The molecule has 160 valence electrons. The fourth-order valence-corrected chi connectivity index (χ4v) is 4.67. The first-order chi connectivity index (χ1) is 14.3. The molecular formula is C26H33NO3. The molecule has 0 aromatic heterocycles. The fraction of sp³-hybridized carbons (Fsp3) is 0.423. The molecule has 0 heterocycles. The summed E-state index contributed by atoms with van der Waals surface area (Å²) in [6.45, 7) is 10.7. The fourth-order valence-electron chi connectivity index (χ4n) is 4.67. The van der Waals surface area contributed by atoms with Gasteiger partial charge in [0.05, 0.1) is 6.10 Å². The average Bonchev–Trinajstić information content (AvgIpc) is 2.74. The van der Waals surface area contributed by atoms with Crippen LogP contribution in [0.3, 0.4) is 0 Å². The summed E-state index contributed by atoms with van der Waals surface area (Å²) in [6.07, 6.45) is 2.71. The molecule has 0 aliphatic heterocycles. The predicted molar refractivity (Wildman–Crippen MR) is 120 cm³/mol. The highest BCUT2D eigenvalue weighted by molar-refractivity contribution is 5.78. The number of amides is 1. The van der Waals surface area contributed by atoms with Crippen molar-refractivity contribution in [1.82, 2.24) is 4.90 Å². The molecule has 1 aliphatic rings. The molecular weight excluding hydrogens is 374 g/mol. The van der Waals surface area contributed by atoms with E-state index in [0.29, 0.717) is 13.2 Å². The molecule has 0 saturated carbocycles. The summed E-state index contributed by atoms with van der Waals surface area (Å²) >= 11 is 0. The van der Waals surface area contributed by atoms with Gasteiger partial charge in [-0.25, -0.2) is 0 Å². The number of hydrogen-bond acceptors (Lipinski definition) is 3. The Bertz CT molecular complexity index is 906. The lowest BCUT2D eigenvalue weighted by Crippen LogP contribution is -2.38. The standard InChI is InChI=1S/C26H33NO3/c1-6-14-30-23-15-17(2)21-12-13-22(25(28)24(21)19(23)4)18(3)26(29)27(5)16-20-10-8-7-9-11-20/h6-11,15,18,22,25,28H,1,12-14,16H2,2-5H3/t18-,22?,25+/m0/s1. The number of carbonyl (C=O) groups is 1. The second-order valence-electron chi connectivity index (χ2n) is 8.42. The van der Waals surface area contributed by atoms with Crippen molar-refractivity contribution in [1.29, 1.82) is 0 Å². The van der Waals surface area contributed by atoms with Crippen molar-refractivity contribution in [2.45, 2.75) is 46.3 Å². The minimum absolute atomic E-state index is 0.0693. The van der Waals surface area contributed by atoms with Gasteiger partial charge in [-0.15, -0.1) is 0 Å². The minimum atomic E-state index is -0.677. The van der Waals surface area contributed by atoms with Gasteiger partial charge in [-0.2, -0.15) is 0 Å². The number of ether oxygens (including phenoxy) is 1. The molecule has 1 aliphatic carbocycles. The highest BCUT2D eigenvalue weighted by Crippen LogP contribution is 2.44. The number of fused-ring (bicyclic) bond motifs is 1. The molecule has 0 spiro atoms.